The van der Waals surface area contributed by atoms with Gasteiger partial charge < -0.3 is 30.6 Å². The zero-order chi connectivity index (χ0) is 10.6. The van der Waals surface area contributed by atoms with E-state index in [2.05, 4.69) is 0 Å². The summed E-state index contributed by atoms with van der Waals surface area (Å²) in [5.74, 6) is -1.73. The average molecular weight is 196 g/mol. The van der Waals surface area contributed by atoms with Crippen LogP contribution in [0, 0.1) is 0 Å². The van der Waals surface area contributed by atoms with Gasteiger partial charge in [0.1, 0.15) is 18.3 Å². The van der Waals surface area contributed by atoms with E-state index in [1.165, 1.54) is 0 Å². The van der Waals surface area contributed by atoms with Gasteiger partial charge in [-0.3, -0.25) is 0 Å². The van der Waals surface area contributed by atoms with E-state index in [4.69, 9.17) is 30.6 Å². The van der Waals surface area contributed by atoms with Gasteiger partial charge in [0, 0.05) is 0 Å². The van der Waals surface area contributed by atoms with Crippen LogP contribution in [0.1, 0.15) is 0 Å². The van der Waals surface area contributed by atoms with Gasteiger partial charge in [-0.2, -0.15) is 0 Å². The van der Waals surface area contributed by atoms with Crippen molar-refractivity contribution in [3.63, 3.8) is 0 Å². The lowest BCUT2D eigenvalue weighted by Crippen LogP contribution is -2.48. The van der Waals surface area contributed by atoms with Crippen LogP contribution in [0.25, 0.3) is 0 Å². The van der Waals surface area contributed by atoms with Gasteiger partial charge in [-0.25, -0.2) is 4.79 Å². The number of aliphatic hydroxyl groups is 5. The van der Waals surface area contributed by atoms with Crippen LogP contribution in [0.5, 0.6) is 0 Å². The standard InChI is InChI=1S/C6H12O7/c7-1-2(8)3(9)4(10)5(11)6(12)13/h2-5,7-11H,1H2,(H,12,13)/t2-,3-,4-,5-/m0/s1. The fourth-order valence-electron chi connectivity index (χ4n) is 0.668. The summed E-state index contributed by atoms with van der Waals surface area (Å²) in [4.78, 5) is 10.1. The lowest BCUT2D eigenvalue weighted by molar-refractivity contribution is -0.164. The predicted molar refractivity (Wildman–Crippen MR) is 38.7 cm³/mol. The lowest BCUT2D eigenvalue weighted by Gasteiger charge is -2.23. The molecule has 0 fully saturated rings. The van der Waals surface area contributed by atoms with Gasteiger partial charge in [0.25, 0.3) is 0 Å². The first-order valence-corrected chi connectivity index (χ1v) is 3.47. The fraction of sp³-hybridized carbons (Fsp3) is 0.833. The molecule has 7 nitrogen and oxygen atoms in total. The van der Waals surface area contributed by atoms with Crippen LogP contribution in [-0.4, -0.2) is 67.6 Å². The summed E-state index contributed by atoms with van der Waals surface area (Å²) >= 11 is 0. The van der Waals surface area contributed by atoms with Crippen molar-refractivity contribution < 1.29 is 35.4 Å². The van der Waals surface area contributed by atoms with E-state index in [-0.39, 0.29) is 0 Å². The van der Waals surface area contributed by atoms with Crippen molar-refractivity contribution in [2.75, 3.05) is 6.61 Å². The second-order valence-corrected chi connectivity index (χ2v) is 2.51. The Balaban J connectivity index is 4.24. The molecule has 0 aliphatic rings. The van der Waals surface area contributed by atoms with Gasteiger partial charge in [-0.1, -0.05) is 0 Å². The molecule has 0 rings (SSSR count). The molecule has 0 radical (unpaired) electrons. The SMILES string of the molecule is O=C(O)[C@@H](O)[C@@H](O)[C@@H](O)[C@@H](O)CO. The first-order chi connectivity index (χ1) is 5.91. The summed E-state index contributed by atoms with van der Waals surface area (Å²) < 4.78 is 0. The predicted octanol–water partition coefficient (Wildman–Crippen LogP) is -3.49. The van der Waals surface area contributed by atoms with Crippen molar-refractivity contribution in [1.29, 1.82) is 0 Å². The number of carboxylic acid groups (broad SMARTS) is 1. The van der Waals surface area contributed by atoms with Crippen LogP contribution >= 0.6 is 0 Å². The first kappa shape index (κ1) is 12.3. The Morgan fingerprint density at radius 1 is 1.08 bits per heavy atom. The third kappa shape index (κ3) is 3.25. The molecule has 0 aromatic rings. The van der Waals surface area contributed by atoms with Gasteiger partial charge in [0.2, 0.25) is 0 Å². The Labute approximate surface area is 73.5 Å². The highest BCUT2D eigenvalue weighted by atomic mass is 16.4. The second-order valence-electron chi connectivity index (χ2n) is 2.51. The van der Waals surface area contributed by atoms with Gasteiger partial charge in [-0.05, 0) is 0 Å². The third-order valence-corrected chi connectivity index (χ3v) is 1.51. The maximum absolute atomic E-state index is 10.1. The maximum atomic E-state index is 10.1. The number of carbonyl (C=O) groups is 1. The Morgan fingerprint density at radius 3 is 1.85 bits per heavy atom. The van der Waals surface area contributed by atoms with E-state index in [9.17, 15) is 4.79 Å². The monoisotopic (exact) mass is 196 g/mol. The summed E-state index contributed by atoms with van der Waals surface area (Å²) in [6.45, 7) is -0.843. The third-order valence-electron chi connectivity index (χ3n) is 1.51. The van der Waals surface area contributed by atoms with Gasteiger partial charge in [0.05, 0.1) is 6.61 Å². The van der Waals surface area contributed by atoms with Gasteiger partial charge in [0.15, 0.2) is 6.10 Å². The van der Waals surface area contributed by atoms with Crippen molar-refractivity contribution in [2.24, 2.45) is 0 Å². The van der Waals surface area contributed by atoms with Crippen molar-refractivity contribution >= 4 is 5.97 Å². The van der Waals surface area contributed by atoms with Crippen molar-refractivity contribution in [3.05, 3.63) is 0 Å². The summed E-state index contributed by atoms with van der Waals surface area (Å²) in [5, 5.41) is 51.8. The zero-order valence-corrected chi connectivity index (χ0v) is 6.61. The lowest BCUT2D eigenvalue weighted by atomic mass is 10.0. The number of aliphatic carboxylic acids is 1. The molecule has 13 heavy (non-hydrogen) atoms. The van der Waals surface area contributed by atoms with Crippen molar-refractivity contribution in [1.82, 2.24) is 0 Å². The quantitative estimate of drug-likeness (QED) is 0.268. The van der Waals surface area contributed by atoms with Crippen molar-refractivity contribution in [3.8, 4) is 0 Å². The van der Waals surface area contributed by atoms with Crippen LogP contribution in [0.3, 0.4) is 0 Å². The minimum Gasteiger partial charge on any atom is -0.479 e. The minimum atomic E-state index is -2.20. The number of hydrogen-bond donors (Lipinski definition) is 6. The fourth-order valence-corrected chi connectivity index (χ4v) is 0.668. The molecular formula is C6H12O7. The highest BCUT2D eigenvalue weighted by molar-refractivity contribution is 5.72. The van der Waals surface area contributed by atoms with E-state index in [0.29, 0.717) is 0 Å². The largest absolute Gasteiger partial charge is 0.479 e. The van der Waals surface area contributed by atoms with Crippen molar-refractivity contribution in [2.45, 2.75) is 24.4 Å². The molecule has 0 aromatic heterocycles. The molecule has 7 heteroatoms. The number of aliphatic hydroxyl groups excluding tert-OH is 5. The first-order valence-electron chi connectivity index (χ1n) is 3.47. The molecule has 0 unspecified atom stereocenters. The number of rotatable bonds is 5. The van der Waals surface area contributed by atoms with Crippen LogP contribution < -0.4 is 0 Å². The summed E-state index contributed by atoms with van der Waals surface area (Å²) in [6, 6.07) is 0. The molecule has 0 aromatic carbocycles. The van der Waals surface area contributed by atoms with Crippen LogP contribution in [0.15, 0.2) is 0 Å². The molecule has 0 aliphatic carbocycles. The zero-order valence-electron chi connectivity index (χ0n) is 6.61. The molecule has 78 valence electrons. The van der Waals surface area contributed by atoms with E-state index < -0.39 is 37.0 Å². The Hall–Kier alpha value is -0.730. The smallest absolute Gasteiger partial charge is 0.335 e. The minimum absolute atomic E-state index is 0.843. The van der Waals surface area contributed by atoms with E-state index in [1.54, 1.807) is 0 Å². The van der Waals surface area contributed by atoms with Crippen LogP contribution in [-0.2, 0) is 4.79 Å². The topological polar surface area (TPSA) is 138 Å². The molecule has 0 bridgehead atoms. The maximum Gasteiger partial charge on any atom is 0.335 e. The highest BCUT2D eigenvalue weighted by Crippen LogP contribution is 2.04. The van der Waals surface area contributed by atoms with E-state index >= 15 is 0 Å². The number of carboxylic acids is 1. The van der Waals surface area contributed by atoms with Gasteiger partial charge >= 0.3 is 5.97 Å². The molecule has 0 spiro atoms. The Bertz CT molecular complexity index is 170. The normalized spacial score (nSPS) is 20.4. The molecular weight excluding hydrogens is 184 g/mol. The second kappa shape index (κ2) is 5.10. The van der Waals surface area contributed by atoms with E-state index in [1.807, 2.05) is 0 Å². The molecule has 0 amide bonds. The van der Waals surface area contributed by atoms with Gasteiger partial charge in [-0.15, -0.1) is 0 Å². The average Bonchev–Trinajstić information content (AvgIpc) is 2.12. The Kier molecular flexibility index (Phi) is 4.81. The number of hydrogen-bond acceptors (Lipinski definition) is 6. The highest BCUT2D eigenvalue weighted by Gasteiger charge is 2.33. The summed E-state index contributed by atoms with van der Waals surface area (Å²) in [7, 11) is 0. The molecule has 0 saturated carbocycles. The summed E-state index contributed by atoms with van der Waals surface area (Å²) in [5.41, 5.74) is 0. The summed E-state index contributed by atoms with van der Waals surface area (Å²) in [6.07, 6.45) is -7.84. The molecule has 0 aliphatic heterocycles. The van der Waals surface area contributed by atoms with Crippen LogP contribution in [0.2, 0.25) is 0 Å². The van der Waals surface area contributed by atoms with E-state index in [0.717, 1.165) is 0 Å². The Morgan fingerprint density at radius 2 is 1.54 bits per heavy atom. The molecule has 0 heterocycles. The molecule has 0 saturated heterocycles. The molecule has 6 N–H and O–H groups in total. The van der Waals surface area contributed by atoms with Crippen LogP contribution in [0.4, 0.5) is 0 Å². The molecule has 4 atom stereocenters.